The summed E-state index contributed by atoms with van der Waals surface area (Å²) in [6, 6.07) is 10.0. The minimum absolute atomic E-state index is 0.0563. The van der Waals surface area contributed by atoms with Crippen molar-refractivity contribution in [2.45, 2.75) is 12.8 Å². The number of nitrogens with one attached hydrogen (secondary N) is 2. The van der Waals surface area contributed by atoms with Gasteiger partial charge in [0.1, 0.15) is 17.2 Å². The van der Waals surface area contributed by atoms with Crippen LogP contribution in [0.1, 0.15) is 23.3 Å². The summed E-state index contributed by atoms with van der Waals surface area (Å²) in [6.07, 6.45) is 5.00. The highest BCUT2D eigenvalue weighted by molar-refractivity contribution is 6.34. The summed E-state index contributed by atoms with van der Waals surface area (Å²) in [4.78, 5) is 28.7. The molecule has 0 aliphatic heterocycles. The maximum atomic E-state index is 12.5. The average molecular weight is 452 g/mol. The van der Waals surface area contributed by atoms with E-state index in [0.29, 0.717) is 33.6 Å². The molecule has 2 N–H and O–H groups in total. The van der Waals surface area contributed by atoms with E-state index >= 15 is 0 Å². The van der Waals surface area contributed by atoms with Crippen molar-refractivity contribution >= 4 is 40.7 Å². The van der Waals surface area contributed by atoms with Crippen LogP contribution in [0.25, 0.3) is 5.65 Å². The number of nitrogens with zero attached hydrogens (tertiary/aromatic N) is 5. The Morgan fingerprint density at radius 2 is 1.94 bits per heavy atom. The van der Waals surface area contributed by atoms with Crippen LogP contribution >= 0.6 is 11.6 Å². The van der Waals surface area contributed by atoms with Gasteiger partial charge in [-0.1, -0.05) is 11.6 Å². The van der Waals surface area contributed by atoms with E-state index in [9.17, 15) is 9.59 Å². The van der Waals surface area contributed by atoms with Crippen molar-refractivity contribution < 1.29 is 14.3 Å². The van der Waals surface area contributed by atoms with Gasteiger partial charge in [-0.25, -0.2) is 4.52 Å². The van der Waals surface area contributed by atoms with Crippen LogP contribution in [-0.4, -0.2) is 36.2 Å². The highest BCUT2D eigenvalue weighted by Gasteiger charge is 2.30. The molecule has 32 heavy (non-hydrogen) atoms. The lowest BCUT2D eigenvalue weighted by Gasteiger charge is -2.11. The number of pyridine rings is 1. The fourth-order valence-corrected chi connectivity index (χ4v) is 3.28. The van der Waals surface area contributed by atoms with Crippen LogP contribution < -0.4 is 15.4 Å². The molecule has 0 atom stereocenters. The highest BCUT2D eigenvalue weighted by Crippen LogP contribution is 2.31. The average Bonchev–Trinajstić information content (AvgIpc) is 3.41. The number of aromatic nitrogens is 5. The van der Waals surface area contributed by atoms with Gasteiger partial charge in [0.2, 0.25) is 11.9 Å². The third-order valence-electron chi connectivity index (χ3n) is 4.96. The molecule has 1 aromatic carbocycles. The van der Waals surface area contributed by atoms with Crippen LogP contribution in [0.2, 0.25) is 5.02 Å². The molecule has 1 aliphatic carbocycles. The molecular weight excluding hydrogens is 434 g/mol. The first-order chi connectivity index (χ1) is 15.5. The number of ether oxygens (including phenoxy) is 1. The number of hydrogen-bond acceptors (Lipinski definition) is 6. The second-order valence-electron chi connectivity index (χ2n) is 7.40. The Hall–Kier alpha value is -3.92. The summed E-state index contributed by atoms with van der Waals surface area (Å²) >= 11 is 6.24. The Bertz CT molecular complexity index is 1340. The van der Waals surface area contributed by atoms with Gasteiger partial charge < -0.3 is 10.1 Å². The second kappa shape index (κ2) is 7.97. The Morgan fingerprint density at radius 3 is 2.69 bits per heavy atom. The van der Waals surface area contributed by atoms with Crippen LogP contribution in [0.3, 0.4) is 0 Å². The lowest BCUT2D eigenvalue weighted by atomic mass is 10.2. The molecule has 10 nitrogen and oxygen atoms in total. The summed E-state index contributed by atoms with van der Waals surface area (Å²) in [5.41, 5.74) is 1.37. The van der Waals surface area contributed by atoms with Gasteiger partial charge in [-0.05, 0) is 43.2 Å². The number of carbonyl (C=O) groups excluding carboxylic acids is 2. The fourth-order valence-electron chi connectivity index (χ4n) is 3.12. The summed E-state index contributed by atoms with van der Waals surface area (Å²) in [6.45, 7) is 0. The third kappa shape index (κ3) is 4.12. The molecule has 1 fully saturated rings. The lowest BCUT2D eigenvalue weighted by molar-refractivity contribution is -0.117. The van der Waals surface area contributed by atoms with E-state index in [1.165, 1.54) is 9.20 Å². The van der Waals surface area contributed by atoms with Crippen molar-refractivity contribution in [3.63, 3.8) is 0 Å². The summed E-state index contributed by atoms with van der Waals surface area (Å²) < 4.78 is 8.91. The Balaban J connectivity index is 1.33. The molecule has 2 amide bonds. The van der Waals surface area contributed by atoms with E-state index in [1.54, 1.807) is 55.8 Å². The molecule has 0 bridgehead atoms. The lowest BCUT2D eigenvalue weighted by Crippen LogP contribution is -2.16. The van der Waals surface area contributed by atoms with Crippen molar-refractivity contribution in [3.05, 3.63) is 59.5 Å². The number of carbonyl (C=O) groups is 2. The number of halogens is 1. The number of benzene rings is 1. The predicted octanol–water partition coefficient (Wildman–Crippen LogP) is 3.51. The molecule has 4 aromatic rings. The molecule has 1 saturated carbocycles. The number of fused-ring (bicyclic) bond motifs is 1. The molecule has 162 valence electrons. The van der Waals surface area contributed by atoms with Crippen LogP contribution in [0, 0.1) is 5.92 Å². The molecule has 3 aromatic heterocycles. The van der Waals surface area contributed by atoms with Crippen LogP contribution in [0.4, 0.5) is 11.6 Å². The zero-order valence-electron chi connectivity index (χ0n) is 16.9. The quantitative estimate of drug-likeness (QED) is 0.463. The van der Waals surface area contributed by atoms with Gasteiger partial charge in [0, 0.05) is 25.2 Å². The van der Waals surface area contributed by atoms with E-state index in [0.717, 1.165) is 12.8 Å². The third-order valence-corrected chi connectivity index (χ3v) is 5.29. The standard InChI is InChI=1S/C21H18ClN7O3/c1-28-17(8-9-23-28)20(31)24-16-10-13(4-6-15(16)22)32-14-5-7-18-25-21(27-29(18)11-14)26-19(30)12-2-3-12/h4-12H,2-3H2,1H3,(H,24,31)(H,26,27,30). The Morgan fingerprint density at radius 1 is 1.12 bits per heavy atom. The molecular formula is C21H18ClN7O3. The summed E-state index contributed by atoms with van der Waals surface area (Å²) in [5.74, 6) is 0.891. The van der Waals surface area contributed by atoms with Gasteiger partial charge in [0.15, 0.2) is 5.65 Å². The number of amides is 2. The molecule has 3 heterocycles. The number of hydrogen-bond donors (Lipinski definition) is 2. The van der Waals surface area contributed by atoms with Crippen molar-refractivity contribution in [2.24, 2.45) is 13.0 Å². The predicted molar refractivity (Wildman–Crippen MR) is 117 cm³/mol. The van der Waals surface area contributed by atoms with E-state index in [4.69, 9.17) is 16.3 Å². The van der Waals surface area contributed by atoms with Crippen molar-refractivity contribution in [1.29, 1.82) is 0 Å². The van der Waals surface area contributed by atoms with Crippen LogP contribution in [0.15, 0.2) is 48.8 Å². The first-order valence-electron chi connectivity index (χ1n) is 9.90. The van der Waals surface area contributed by atoms with E-state index in [-0.39, 0.29) is 23.7 Å². The minimum Gasteiger partial charge on any atom is -0.456 e. The number of rotatable bonds is 6. The fraction of sp³-hybridized carbons (Fsp3) is 0.190. The maximum absolute atomic E-state index is 12.5. The maximum Gasteiger partial charge on any atom is 0.273 e. The van der Waals surface area contributed by atoms with Crippen molar-refractivity contribution in [2.75, 3.05) is 10.6 Å². The van der Waals surface area contributed by atoms with Gasteiger partial charge in [0.05, 0.1) is 16.9 Å². The zero-order valence-corrected chi connectivity index (χ0v) is 17.7. The molecule has 5 rings (SSSR count). The number of aryl methyl sites for hydroxylation is 1. The Labute approximate surface area is 187 Å². The Kier molecular flexibility index (Phi) is 4.98. The molecule has 0 unspecified atom stereocenters. The zero-order chi connectivity index (χ0) is 22.2. The van der Waals surface area contributed by atoms with Gasteiger partial charge >= 0.3 is 0 Å². The van der Waals surface area contributed by atoms with Crippen molar-refractivity contribution in [1.82, 2.24) is 24.4 Å². The molecule has 11 heteroatoms. The monoisotopic (exact) mass is 451 g/mol. The van der Waals surface area contributed by atoms with E-state index in [2.05, 4.69) is 25.8 Å². The van der Waals surface area contributed by atoms with E-state index in [1.807, 2.05) is 0 Å². The molecule has 0 spiro atoms. The van der Waals surface area contributed by atoms with Crippen molar-refractivity contribution in [3.8, 4) is 11.5 Å². The molecule has 1 aliphatic rings. The highest BCUT2D eigenvalue weighted by atomic mass is 35.5. The minimum atomic E-state index is -0.339. The van der Waals surface area contributed by atoms with E-state index < -0.39 is 0 Å². The summed E-state index contributed by atoms with van der Waals surface area (Å²) in [7, 11) is 1.68. The van der Waals surface area contributed by atoms with Gasteiger partial charge in [-0.15, -0.1) is 5.10 Å². The smallest absolute Gasteiger partial charge is 0.273 e. The first kappa shape index (κ1) is 20.0. The second-order valence-corrected chi connectivity index (χ2v) is 7.81. The number of anilines is 2. The normalized spacial score (nSPS) is 13.2. The van der Waals surface area contributed by atoms with Crippen LogP contribution in [-0.2, 0) is 11.8 Å². The SMILES string of the molecule is Cn1nccc1C(=O)Nc1cc(Oc2ccc3nc(NC(=O)C4CC4)nn3c2)ccc1Cl. The van der Waals surface area contributed by atoms with Gasteiger partial charge in [-0.3, -0.25) is 19.6 Å². The summed E-state index contributed by atoms with van der Waals surface area (Å²) in [5, 5.41) is 14.1. The first-order valence-corrected chi connectivity index (χ1v) is 10.3. The van der Waals surface area contributed by atoms with Gasteiger partial charge in [-0.2, -0.15) is 10.1 Å². The molecule has 0 saturated heterocycles. The van der Waals surface area contributed by atoms with Gasteiger partial charge in [0.25, 0.3) is 5.91 Å². The largest absolute Gasteiger partial charge is 0.456 e. The molecule has 0 radical (unpaired) electrons. The topological polar surface area (TPSA) is 115 Å². The van der Waals surface area contributed by atoms with Crippen LogP contribution in [0.5, 0.6) is 11.5 Å².